The number of aliphatic carboxylic acids is 1. The second kappa shape index (κ2) is 6.98. The van der Waals surface area contributed by atoms with E-state index in [1.54, 1.807) is 18.5 Å². The zero-order valence-corrected chi connectivity index (χ0v) is 11.9. The largest absolute Gasteiger partial charge is 0.480 e. The minimum atomic E-state index is -1.03. The maximum atomic E-state index is 11.7. The quantitative estimate of drug-likeness (QED) is 0.732. The number of carboxylic acids is 1. The van der Waals surface area contributed by atoms with E-state index in [1.165, 1.54) is 6.92 Å². The van der Waals surface area contributed by atoms with Gasteiger partial charge in [0.1, 0.15) is 6.04 Å². The lowest BCUT2D eigenvalue weighted by Gasteiger charge is -2.34. The Morgan fingerprint density at radius 1 is 1.29 bits per heavy atom. The lowest BCUT2D eigenvalue weighted by molar-refractivity contribution is -0.141. The Morgan fingerprint density at radius 3 is 2.48 bits per heavy atom. The number of carboxylic acid groups (broad SMARTS) is 1. The molecule has 1 aromatic rings. The van der Waals surface area contributed by atoms with Crippen molar-refractivity contribution in [1.29, 1.82) is 0 Å². The second-order valence-corrected chi connectivity index (χ2v) is 4.94. The molecule has 8 heteroatoms. The van der Waals surface area contributed by atoms with E-state index in [0.29, 0.717) is 19.0 Å². The Kier molecular flexibility index (Phi) is 5.04. The monoisotopic (exact) mass is 293 g/mol. The molecule has 114 valence electrons. The molecule has 1 aliphatic heterocycles. The van der Waals surface area contributed by atoms with E-state index in [0.717, 1.165) is 13.1 Å². The van der Waals surface area contributed by atoms with Crippen molar-refractivity contribution in [3.8, 4) is 0 Å². The zero-order valence-electron chi connectivity index (χ0n) is 11.9. The Labute approximate surface area is 122 Å². The van der Waals surface area contributed by atoms with Crippen molar-refractivity contribution in [3.63, 3.8) is 0 Å². The van der Waals surface area contributed by atoms with E-state index < -0.39 is 12.0 Å². The van der Waals surface area contributed by atoms with Crippen LogP contribution in [0.1, 0.15) is 6.92 Å². The van der Waals surface area contributed by atoms with Crippen molar-refractivity contribution in [1.82, 2.24) is 20.2 Å². The normalized spacial score (nSPS) is 17.3. The SMILES string of the molecule is CC(NC(=O)CN1CCN(c2ncccn2)CC1)C(=O)O. The van der Waals surface area contributed by atoms with Crippen LogP contribution in [0.2, 0.25) is 0 Å². The number of nitrogens with one attached hydrogen (secondary N) is 1. The Balaban J connectivity index is 1.77. The van der Waals surface area contributed by atoms with Gasteiger partial charge in [0.15, 0.2) is 0 Å². The predicted molar refractivity (Wildman–Crippen MR) is 75.9 cm³/mol. The minimum Gasteiger partial charge on any atom is -0.480 e. The molecule has 21 heavy (non-hydrogen) atoms. The Morgan fingerprint density at radius 2 is 1.90 bits per heavy atom. The Bertz CT molecular complexity index is 488. The van der Waals surface area contributed by atoms with Gasteiger partial charge in [-0.2, -0.15) is 0 Å². The molecule has 1 atom stereocenters. The van der Waals surface area contributed by atoms with Gasteiger partial charge in [0, 0.05) is 38.6 Å². The first-order valence-electron chi connectivity index (χ1n) is 6.83. The second-order valence-electron chi connectivity index (χ2n) is 4.94. The minimum absolute atomic E-state index is 0.209. The molecular formula is C13H19N5O3. The summed E-state index contributed by atoms with van der Waals surface area (Å²) in [6.07, 6.45) is 3.41. The first-order chi connectivity index (χ1) is 10.1. The number of anilines is 1. The number of amides is 1. The number of nitrogens with zero attached hydrogens (tertiary/aromatic N) is 4. The van der Waals surface area contributed by atoms with Gasteiger partial charge in [-0.3, -0.25) is 14.5 Å². The molecule has 1 aliphatic rings. The summed E-state index contributed by atoms with van der Waals surface area (Å²) in [5.74, 6) is -0.607. The van der Waals surface area contributed by atoms with Crippen LogP contribution in [-0.4, -0.2) is 70.6 Å². The van der Waals surface area contributed by atoms with Gasteiger partial charge in [-0.05, 0) is 13.0 Å². The zero-order chi connectivity index (χ0) is 15.2. The fourth-order valence-corrected chi connectivity index (χ4v) is 2.11. The summed E-state index contributed by atoms with van der Waals surface area (Å²) in [6.45, 7) is 4.57. The van der Waals surface area contributed by atoms with Gasteiger partial charge in [0.25, 0.3) is 0 Å². The number of aromatic nitrogens is 2. The first kappa shape index (κ1) is 15.2. The number of carbonyl (C=O) groups excluding carboxylic acids is 1. The smallest absolute Gasteiger partial charge is 0.325 e. The highest BCUT2D eigenvalue weighted by Gasteiger charge is 2.21. The molecule has 0 spiro atoms. The average Bonchev–Trinajstić information content (AvgIpc) is 2.48. The van der Waals surface area contributed by atoms with E-state index in [2.05, 4.69) is 20.2 Å². The molecule has 1 aromatic heterocycles. The van der Waals surface area contributed by atoms with E-state index in [-0.39, 0.29) is 12.5 Å². The number of hydrogen-bond acceptors (Lipinski definition) is 6. The number of piperazine rings is 1. The van der Waals surface area contributed by atoms with Crippen LogP contribution in [0.25, 0.3) is 0 Å². The molecule has 0 aliphatic carbocycles. The van der Waals surface area contributed by atoms with Crippen molar-refractivity contribution < 1.29 is 14.7 Å². The molecule has 1 amide bonds. The predicted octanol–water partition coefficient (Wildman–Crippen LogP) is -0.812. The molecule has 2 rings (SSSR count). The molecule has 1 unspecified atom stereocenters. The van der Waals surface area contributed by atoms with Crippen LogP contribution in [0.3, 0.4) is 0 Å². The summed E-state index contributed by atoms with van der Waals surface area (Å²) in [7, 11) is 0. The third-order valence-corrected chi connectivity index (χ3v) is 3.32. The molecule has 1 saturated heterocycles. The van der Waals surface area contributed by atoms with Crippen LogP contribution in [-0.2, 0) is 9.59 Å². The van der Waals surface area contributed by atoms with Crippen LogP contribution < -0.4 is 10.2 Å². The van der Waals surface area contributed by atoms with Crippen LogP contribution >= 0.6 is 0 Å². The number of carbonyl (C=O) groups is 2. The number of hydrogen-bond donors (Lipinski definition) is 2. The topological polar surface area (TPSA) is 98.7 Å². The average molecular weight is 293 g/mol. The van der Waals surface area contributed by atoms with Gasteiger partial charge < -0.3 is 15.3 Å². The summed E-state index contributed by atoms with van der Waals surface area (Å²) in [6, 6.07) is 0.907. The van der Waals surface area contributed by atoms with Crippen molar-refractivity contribution in [2.45, 2.75) is 13.0 Å². The van der Waals surface area contributed by atoms with E-state index in [9.17, 15) is 9.59 Å². The van der Waals surface area contributed by atoms with E-state index in [1.807, 2.05) is 4.90 Å². The van der Waals surface area contributed by atoms with Crippen molar-refractivity contribution in [2.24, 2.45) is 0 Å². The van der Waals surface area contributed by atoms with Crippen LogP contribution in [0.15, 0.2) is 18.5 Å². The van der Waals surface area contributed by atoms with Crippen molar-refractivity contribution in [2.75, 3.05) is 37.6 Å². The van der Waals surface area contributed by atoms with Crippen LogP contribution in [0, 0.1) is 0 Å². The van der Waals surface area contributed by atoms with Gasteiger partial charge in [-0.15, -0.1) is 0 Å². The molecule has 2 N–H and O–H groups in total. The maximum absolute atomic E-state index is 11.7. The Hall–Kier alpha value is -2.22. The molecule has 8 nitrogen and oxygen atoms in total. The summed E-state index contributed by atoms with van der Waals surface area (Å²) in [5, 5.41) is 11.2. The summed E-state index contributed by atoms with van der Waals surface area (Å²) in [4.78, 5) is 34.9. The lowest BCUT2D eigenvalue weighted by Crippen LogP contribution is -2.51. The molecular weight excluding hydrogens is 274 g/mol. The molecule has 0 bridgehead atoms. The van der Waals surface area contributed by atoms with Gasteiger partial charge in [0.05, 0.1) is 6.54 Å². The van der Waals surface area contributed by atoms with E-state index in [4.69, 9.17) is 5.11 Å². The highest BCUT2D eigenvalue weighted by atomic mass is 16.4. The fourth-order valence-electron chi connectivity index (χ4n) is 2.11. The highest BCUT2D eigenvalue weighted by Crippen LogP contribution is 2.09. The molecule has 0 saturated carbocycles. The number of rotatable bonds is 5. The third-order valence-electron chi connectivity index (χ3n) is 3.32. The van der Waals surface area contributed by atoms with Gasteiger partial charge in [-0.25, -0.2) is 9.97 Å². The van der Waals surface area contributed by atoms with E-state index >= 15 is 0 Å². The van der Waals surface area contributed by atoms with Gasteiger partial charge in [-0.1, -0.05) is 0 Å². The highest BCUT2D eigenvalue weighted by molar-refractivity contribution is 5.84. The standard InChI is InChI=1S/C13H19N5O3/c1-10(12(20)21)16-11(19)9-17-5-7-18(8-6-17)13-14-3-2-4-15-13/h2-4,10H,5-9H2,1H3,(H,16,19)(H,20,21). The van der Waals surface area contributed by atoms with Crippen LogP contribution in [0.4, 0.5) is 5.95 Å². The molecule has 2 heterocycles. The molecule has 1 fully saturated rings. The molecule has 0 aromatic carbocycles. The first-order valence-corrected chi connectivity index (χ1v) is 6.83. The van der Waals surface area contributed by atoms with Gasteiger partial charge >= 0.3 is 5.97 Å². The maximum Gasteiger partial charge on any atom is 0.325 e. The van der Waals surface area contributed by atoms with Crippen molar-refractivity contribution >= 4 is 17.8 Å². The summed E-state index contributed by atoms with van der Waals surface area (Å²) in [5.41, 5.74) is 0. The molecule has 0 radical (unpaired) electrons. The third kappa shape index (κ3) is 4.38. The van der Waals surface area contributed by atoms with Crippen LogP contribution in [0.5, 0.6) is 0 Å². The lowest BCUT2D eigenvalue weighted by atomic mass is 10.3. The summed E-state index contributed by atoms with van der Waals surface area (Å²) < 4.78 is 0. The fraction of sp³-hybridized carbons (Fsp3) is 0.538. The van der Waals surface area contributed by atoms with Gasteiger partial charge in [0.2, 0.25) is 11.9 Å². The summed E-state index contributed by atoms with van der Waals surface area (Å²) >= 11 is 0. The van der Waals surface area contributed by atoms with Crippen molar-refractivity contribution in [3.05, 3.63) is 18.5 Å².